The van der Waals surface area contributed by atoms with Crippen LogP contribution in [0.4, 0.5) is 5.82 Å². The molecule has 17 heavy (non-hydrogen) atoms. The predicted molar refractivity (Wildman–Crippen MR) is 76.9 cm³/mol. The first-order chi connectivity index (χ1) is 8.02. The van der Waals surface area contributed by atoms with E-state index in [1.165, 1.54) is 0 Å². The van der Waals surface area contributed by atoms with Gasteiger partial charge < -0.3 is 5.32 Å². The molecular formula is C13H23N3S. The van der Waals surface area contributed by atoms with Gasteiger partial charge in [-0.05, 0) is 19.6 Å². The van der Waals surface area contributed by atoms with Gasteiger partial charge in [0.05, 0.1) is 0 Å². The zero-order valence-corrected chi connectivity index (χ0v) is 12.3. The number of aromatic nitrogens is 2. The molecule has 0 radical (unpaired) electrons. The lowest BCUT2D eigenvalue weighted by Gasteiger charge is -2.12. The van der Waals surface area contributed by atoms with Crippen molar-refractivity contribution in [3.8, 4) is 0 Å². The van der Waals surface area contributed by atoms with Crippen LogP contribution in [0.5, 0.6) is 0 Å². The lowest BCUT2D eigenvalue weighted by atomic mass is 10.2. The maximum atomic E-state index is 4.53. The second-order valence-corrected chi connectivity index (χ2v) is 5.95. The van der Waals surface area contributed by atoms with Gasteiger partial charge in [0.2, 0.25) is 0 Å². The molecule has 0 saturated heterocycles. The third-order valence-corrected chi connectivity index (χ3v) is 3.69. The Bertz CT molecular complexity index is 353. The molecule has 96 valence electrons. The maximum Gasteiger partial charge on any atom is 0.133 e. The minimum absolute atomic E-state index is 0.376. The first-order valence-electron chi connectivity index (χ1n) is 6.15. The smallest absolute Gasteiger partial charge is 0.133 e. The van der Waals surface area contributed by atoms with Crippen LogP contribution in [0, 0.1) is 6.92 Å². The van der Waals surface area contributed by atoms with Gasteiger partial charge in [-0.1, -0.05) is 20.8 Å². The number of aryl methyl sites for hydroxylation is 1. The number of nitrogens with one attached hydrogen (secondary N) is 1. The van der Waals surface area contributed by atoms with Crippen LogP contribution in [0.25, 0.3) is 0 Å². The molecule has 0 bridgehead atoms. The number of anilines is 1. The summed E-state index contributed by atoms with van der Waals surface area (Å²) < 4.78 is 0. The Labute approximate surface area is 109 Å². The zero-order chi connectivity index (χ0) is 12.8. The summed E-state index contributed by atoms with van der Waals surface area (Å²) in [6.45, 7) is 9.47. The van der Waals surface area contributed by atoms with Crippen molar-refractivity contribution in [3.05, 3.63) is 17.6 Å². The van der Waals surface area contributed by atoms with Crippen molar-refractivity contribution in [2.75, 3.05) is 18.1 Å². The molecule has 1 unspecified atom stereocenters. The largest absolute Gasteiger partial charge is 0.370 e. The Morgan fingerprint density at radius 1 is 1.29 bits per heavy atom. The SMILES string of the molecule is CSC(C)CCNc1cc(C)nc(C(C)C)n1. The number of rotatable bonds is 6. The van der Waals surface area contributed by atoms with Crippen LogP contribution in [0.1, 0.15) is 44.6 Å². The van der Waals surface area contributed by atoms with Gasteiger partial charge in [-0.15, -0.1) is 0 Å². The molecule has 0 spiro atoms. The van der Waals surface area contributed by atoms with Gasteiger partial charge in [0.25, 0.3) is 0 Å². The summed E-state index contributed by atoms with van der Waals surface area (Å²) in [5, 5.41) is 4.07. The second kappa shape index (κ2) is 6.84. The monoisotopic (exact) mass is 253 g/mol. The highest BCUT2D eigenvalue weighted by molar-refractivity contribution is 7.99. The Morgan fingerprint density at radius 3 is 2.59 bits per heavy atom. The van der Waals surface area contributed by atoms with Crippen molar-refractivity contribution in [2.24, 2.45) is 0 Å². The van der Waals surface area contributed by atoms with Gasteiger partial charge in [0, 0.05) is 29.5 Å². The van der Waals surface area contributed by atoms with Crippen LogP contribution >= 0.6 is 11.8 Å². The molecule has 1 rings (SSSR count). The fourth-order valence-corrected chi connectivity index (χ4v) is 1.82. The molecule has 1 heterocycles. The van der Waals surface area contributed by atoms with Crippen LogP contribution in [0.15, 0.2) is 6.07 Å². The van der Waals surface area contributed by atoms with E-state index in [1.54, 1.807) is 0 Å². The summed E-state index contributed by atoms with van der Waals surface area (Å²) >= 11 is 1.90. The average Bonchev–Trinajstić information content (AvgIpc) is 2.28. The first-order valence-corrected chi connectivity index (χ1v) is 7.44. The zero-order valence-electron chi connectivity index (χ0n) is 11.4. The molecule has 1 aromatic rings. The van der Waals surface area contributed by atoms with Gasteiger partial charge >= 0.3 is 0 Å². The summed E-state index contributed by atoms with van der Waals surface area (Å²) in [7, 11) is 0. The average molecular weight is 253 g/mol. The summed E-state index contributed by atoms with van der Waals surface area (Å²) in [6, 6.07) is 2.01. The summed E-state index contributed by atoms with van der Waals surface area (Å²) in [5.74, 6) is 2.25. The molecule has 3 nitrogen and oxygen atoms in total. The van der Waals surface area contributed by atoms with Crippen molar-refractivity contribution in [1.82, 2.24) is 9.97 Å². The highest BCUT2D eigenvalue weighted by atomic mass is 32.2. The molecule has 0 aliphatic rings. The molecular weight excluding hydrogens is 230 g/mol. The second-order valence-electron chi connectivity index (χ2n) is 4.67. The van der Waals surface area contributed by atoms with E-state index in [0.29, 0.717) is 11.2 Å². The van der Waals surface area contributed by atoms with Crippen molar-refractivity contribution in [3.63, 3.8) is 0 Å². The van der Waals surface area contributed by atoms with Crippen LogP contribution in [-0.4, -0.2) is 28.0 Å². The van der Waals surface area contributed by atoms with Gasteiger partial charge in [-0.3, -0.25) is 0 Å². The fourth-order valence-electron chi connectivity index (χ4n) is 1.46. The van der Waals surface area contributed by atoms with Crippen LogP contribution < -0.4 is 5.32 Å². The van der Waals surface area contributed by atoms with E-state index in [-0.39, 0.29) is 0 Å². The van der Waals surface area contributed by atoms with E-state index in [9.17, 15) is 0 Å². The topological polar surface area (TPSA) is 37.8 Å². The Kier molecular flexibility index (Phi) is 5.75. The predicted octanol–water partition coefficient (Wildman–Crippen LogP) is 3.46. The highest BCUT2D eigenvalue weighted by Crippen LogP contribution is 2.14. The summed E-state index contributed by atoms with van der Waals surface area (Å²) in [6.07, 6.45) is 3.30. The summed E-state index contributed by atoms with van der Waals surface area (Å²) in [4.78, 5) is 8.96. The van der Waals surface area contributed by atoms with Gasteiger partial charge in [0.1, 0.15) is 11.6 Å². The quantitative estimate of drug-likeness (QED) is 0.842. The van der Waals surface area contributed by atoms with E-state index in [1.807, 2.05) is 24.8 Å². The fraction of sp³-hybridized carbons (Fsp3) is 0.692. The van der Waals surface area contributed by atoms with E-state index >= 15 is 0 Å². The third-order valence-electron chi connectivity index (χ3n) is 2.65. The van der Waals surface area contributed by atoms with Crippen molar-refractivity contribution < 1.29 is 0 Å². The lowest BCUT2D eigenvalue weighted by Crippen LogP contribution is -2.10. The normalized spacial score (nSPS) is 12.8. The third kappa shape index (κ3) is 4.94. The molecule has 1 aromatic heterocycles. The van der Waals surface area contributed by atoms with E-state index < -0.39 is 0 Å². The Hall–Kier alpha value is -0.770. The molecule has 0 fully saturated rings. The van der Waals surface area contributed by atoms with Crippen molar-refractivity contribution in [1.29, 1.82) is 0 Å². The Morgan fingerprint density at radius 2 is 2.00 bits per heavy atom. The summed E-state index contributed by atoms with van der Waals surface area (Å²) in [5.41, 5.74) is 1.03. The number of hydrogen-bond donors (Lipinski definition) is 1. The van der Waals surface area contributed by atoms with Gasteiger partial charge in [0.15, 0.2) is 0 Å². The number of thioether (sulfide) groups is 1. The molecule has 4 heteroatoms. The molecule has 1 N–H and O–H groups in total. The van der Waals surface area contributed by atoms with Gasteiger partial charge in [-0.2, -0.15) is 11.8 Å². The first kappa shape index (κ1) is 14.3. The van der Waals surface area contributed by atoms with Crippen LogP contribution in [-0.2, 0) is 0 Å². The van der Waals surface area contributed by atoms with Crippen LogP contribution in [0.3, 0.4) is 0 Å². The molecule has 0 aliphatic heterocycles. The minimum Gasteiger partial charge on any atom is -0.370 e. The van der Waals surface area contributed by atoms with E-state index in [4.69, 9.17) is 0 Å². The highest BCUT2D eigenvalue weighted by Gasteiger charge is 2.06. The minimum atomic E-state index is 0.376. The molecule has 0 aliphatic carbocycles. The van der Waals surface area contributed by atoms with Crippen molar-refractivity contribution >= 4 is 17.6 Å². The lowest BCUT2D eigenvalue weighted by molar-refractivity contribution is 0.764. The van der Waals surface area contributed by atoms with E-state index in [0.717, 1.165) is 30.3 Å². The Balaban J connectivity index is 2.59. The standard InChI is InChI=1S/C13H23N3S/c1-9(2)13-15-10(3)8-12(16-13)14-7-6-11(4)17-5/h8-9,11H,6-7H2,1-5H3,(H,14,15,16). The molecule has 0 saturated carbocycles. The van der Waals surface area contributed by atoms with Crippen LogP contribution in [0.2, 0.25) is 0 Å². The molecule has 0 aromatic carbocycles. The molecule has 1 atom stereocenters. The van der Waals surface area contributed by atoms with Crippen molar-refractivity contribution in [2.45, 2.75) is 45.3 Å². The van der Waals surface area contributed by atoms with E-state index in [2.05, 4.69) is 42.3 Å². The maximum absolute atomic E-state index is 4.53. The van der Waals surface area contributed by atoms with Gasteiger partial charge in [-0.25, -0.2) is 9.97 Å². The number of nitrogens with zero attached hydrogens (tertiary/aromatic N) is 2. The number of hydrogen-bond acceptors (Lipinski definition) is 4. The molecule has 0 amide bonds.